The molecule has 0 fully saturated rings. The van der Waals surface area contributed by atoms with E-state index in [0.717, 1.165) is 6.07 Å². The van der Waals surface area contributed by atoms with Crippen molar-refractivity contribution in [2.24, 2.45) is 0 Å². The highest BCUT2D eigenvalue weighted by Crippen LogP contribution is 2.34. The molecule has 0 radical (unpaired) electrons. The Kier molecular flexibility index (Phi) is 4.19. The number of sulfonamides is 1. The molecule has 11 heteroatoms. The molecule has 2 aromatic carbocycles. The summed E-state index contributed by atoms with van der Waals surface area (Å²) in [6.07, 6.45) is 0. The van der Waals surface area contributed by atoms with Crippen LogP contribution in [-0.2, 0) is 10.0 Å². The maximum absolute atomic E-state index is 13.7. The van der Waals surface area contributed by atoms with Crippen LogP contribution in [0, 0.1) is 29.1 Å². The molecule has 0 spiro atoms. The normalized spacial score (nSPS) is 13.6. The van der Waals surface area contributed by atoms with Gasteiger partial charge in [-0.25, -0.2) is 30.4 Å². The SMILES string of the molecule is O=S(=O)(Nc1ccc2c(c1)OCCO2)c1c(F)c(F)c(F)c(F)c1F. The number of fused-ring (bicyclic) bond motifs is 1. The van der Waals surface area contributed by atoms with Crippen LogP contribution in [0.4, 0.5) is 27.6 Å². The van der Waals surface area contributed by atoms with E-state index in [2.05, 4.69) is 0 Å². The first-order chi connectivity index (χ1) is 11.7. The largest absolute Gasteiger partial charge is 0.486 e. The van der Waals surface area contributed by atoms with Gasteiger partial charge in [-0.2, -0.15) is 0 Å². The van der Waals surface area contributed by atoms with Crippen molar-refractivity contribution >= 4 is 15.7 Å². The number of hydrogen-bond acceptors (Lipinski definition) is 4. The second kappa shape index (κ2) is 6.06. The fourth-order valence-corrected chi connectivity index (χ4v) is 3.32. The number of anilines is 1. The van der Waals surface area contributed by atoms with Crippen LogP contribution in [0.2, 0.25) is 0 Å². The predicted octanol–water partition coefficient (Wildman–Crippen LogP) is 2.95. The summed E-state index contributed by atoms with van der Waals surface area (Å²) in [6, 6.07) is 3.65. The Morgan fingerprint density at radius 2 is 1.32 bits per heavy atom. The maximum atomic E-state index is 13.7. The molecule has 3 rings (SSSR count). The van der Waals surface area contributed by atoms with Crippen molar-refractivity contribution in [3.63, 3.8) is 0 Å². The Morgan fingerprint density at radius 3 is 1.92 bits per heavy atom. The van der Waals surface area contributed by atoms with Gasteiger partial charge < -0.3 is 9.47 Å². The molecule has 5 nitrogen and oxygen atoms in total. The van der Waals surface area contributed by atoms with Crippen molar-refractivity contribution in [3.8, 4) is 11.5 Å². The van der Waals surface area contributed by atoms with Gasteiger partial charge in [0, 0.05) is 6.07 Å². The number of benzene rings is 2. The molecular formula is C14H8F5NO4S. The van der Waals surface area contributed by atoms with Crippen LogP contribution in [0.5, 0.6) is 11.5 Å². The monoisotopic (exact) mass is 381 g/mol. The summed E-state index contributed by atoms with van der Waals surface area (Å²) in [6.45, 7) is 0.476. The molecular weight excluding hydrogens is 373 g/mol. The second-order valence-corrected chi connectivity index (χ2v) is 6.48. The fraction of sp³-hybridized carbons (Fsp3) is 0.143. The molecule has 2 aromatic rings. The van der Waals surface area contributed by atoms with E-state index in [0.29, 0.717) is 5.75 Å². The van der Waals surface area contributed by atoms with E-state index in [1.807, 2.05) is 0 Å². The quantitative estimate of drug-likeness (QED) is 0.505. The zero-order chi connectivity index (χ0) is 18.4. The first-order valence-corrected chi connectivity index (χ1v) is 8.14. The second-order valence-electron chi connectivity index (χ2n) is 4.86. The molecule has 0 aromatic heterocycles. The molecule has 134 valence electrons. The van der Waals surface area contributed by atoms with Crippen molar-refractivity contribution in [1.82, 2.24) is 0 Å². The van der Waals surface area contributed by atoms with Gasteiger partial charge in [-0.3, -0.25) is 4.72 Å². The zero-order valence-electron chi connectivity index (χ0n) is 12.1. The molecule has 25 heavy (non-hydrogen) atoms. The molecule has 0 aliphatic carbocycles. The summed E-state index contributed by atoms with van der Waals surface area (Å²) in [7, 11) is -5.11. The van der Waals surface area contributed by atoms with Crippen molar-refractivity contribution in [1.29, 1.82) is 0 Å². The van der Waals surface area contributed by atoms with Crippen LogP contribution in [-0.4, -0.2) is 21.6 Å². The van der Waals surface area contributed by atoms with Crippen LogP contribution < -0.4 is 14.2 Å². The molecule has 1 aliphatic heterocycles. The number of ether oxygens (including phenoxy) is 2. The standard InChI is InChI=1S/C14H8F5NO4S/c15-9-10(16)12(18)14(13(19)11(9)17)25(21,22)20-6-1-2-7-8(5-6)24-4-3-23-7/h1-2,5,20H,3-4H2. The first-order valence-electron chi connectivity index (χ1n) is 6.66. The highest BCUT2D eigenvalue weighted by molar-refractivity contribution is 7.92. The molecule has 1 N–H and O–H groups in total. The van der Waals surface area contributed by atoms with Crippen molar-refractivity contribution in [3.05, 3.63) is 47.3 Å². The lowest BCUT2D eigenvalue weighted by molar-refractivity contribution is 0.171. The molecule has 0 bridgehead atoms. The number of hydrogen-bond donors (Lipinski definition) is 1. The van der Waals surface area contributed by atoms with Gasteiger partial charge in [0.05, 0.1) is 5.69 Å². The maximum Gasteiger partial charge on any atom is 0.267 e. The van der Waals surface area contributed by atoms with Crippen LogP contribution in [0.15, 0.2) is 23.1 Å². The Morgan fingerprint density at radius 1 is 0.800 bits per heavy atom. The van der Waals surface area contributed by atoms with Crippen molar-refractivity contribution in [2.45, 2.75) is 4.90 Å². The van der Waals surface area contributed by atoms with Gasteiger partial charge >= 0.3 is 0 Å². The van der Waals surface area contributed by atoms with Gasteiger partial charge in [0.15, 0.2) is 39.7 Å². The van der Waals surface area contributed by atoms with Gasteiger partial charge in [-0.15, -0.1) is 0 Å². The first kappa shape index (κ1) is 17.3. The highest BCUT2D eigenvalue weighted by atomic mass is 32.2. The van der Waals surface area contributed by atoms with Crippen LogP contribution >= 0.6 is 0 Å². The summed E-state index contributed by atoms with van der Waals surface area (Å²) < 4.78 is 103. The van der Waals surface area contributed by atoms with Gasteiger partial charge in [0.1, 0.15) is 13.2 Å². The Labute approximate surface area is 138 Å². The van der Waals surface area contributed by atoms with Gasteiger partial charge in [-0.05, 0) is 12.1 Å². The average molecular weight is 381 g/mol. The molecule has 0 saturated carbocycles. The molecule has 1 aliphatic rings. The minimum Gasteiger partial charge on any atom is -0.486 e. The smallest absolute Gasteiger partial charge is 0.267 e. The van der Waals surface area contributed by atoms with E-state index in [1.54, 1.807) is 4.72 Å². The minimum absolute atomic E-state index is 0.156. The summed E-state index contributed by atoms with van der Waals surface area (Å²) in [4.78, 5) is -1.97. The van der Waals surface area contributed by atoms with E-state index in [1.165, 1.54) is 12.1 Å². The molecule has 0 atom stereocenters. The summed E-state index contributed by atoms with van der Waals surface area (Å²) >= 11 is 0. The zero-order valence-corrected chi connectivity index (χ0v) is 12.9. The molecule has 0 amide bonds. The lowest BCUT2D eigenvalue weighted by atomic mass is 10.3. The van der Waals surface area contributed by atoms with E-state index in [9.17, 15) is 30.4 Å². The third-order valence-electron chi connectivity index (χ3n) is 3.23. The van der Waals surface area contributed by atoms with Crippen molar-refractivity contribution in [2.75, 3.05) is 17.9 Å². The molecule has 1 heterocycles. The number of nitrogens with one attached hydrogen (secondary N) is 1. The fourth-order valence-electron chi connectivity index (χ4n) is 2.13. The van der Waals surface area contributed by atoms with Crippen molar-refractivity contribution < 1.29 is 39.8 Å². The third kappa shape index (κ3) is 2.95. The highest BCUT2D eigenvalue weighted by Gasteiger charge is 2.33. The van der Waals surface area contributed by atoms with Crippen LogP contribution in [0.3, 0.4) is 0 Å². The Hall–Kier alpha value is -2.56. The van der Waals surface area contributed by atoms with Gasteiger partial charge in [0.2, 0.25) is 5.82 Å². The van der Waals surface area contributed by atoms with Gasteiger partial charge in [-0.1, -0.05) is 0 Å². The van der Waals surface area contributed by atoms with E-state index >= 15 is 0 Å². The van der Waals surface area contributed by atoms with Crippen LogP contribution in [0.25, 0.3) is 0 Å². The summed E-state index contributed by atoms with van der Waals surface area (Å²) in [5, 5.41) is 0. The minimum atomic E-state index is -5.11. The van der Waals surface area contributed by atoms with Crippen LogP contribution in [0.1, 0.15) is 0 Å². The third-order valence-corrected chi connectivity index (χ3v) is 4.63. The van der Waals surface area contributed by atoms with Gasteiger partial charge in [0.25, 0.3) is 10.0 Å². The predicted molar refractivity (Wildman–Crippen MR) is 74.5 cm³/mol. The summed E-state index contributed by atoms with van der Waals surface area (Å²) in [5.41, 5.74) is -0.215. The molecule has 0 unspecified atom stereocenters. The average Bonchev–Trinajstić information content (AvgIpc) is 2.57. The van der Waals surface area contributed by atoms with E-state index in [4.69, 9.17) is 9.47 Å². The lowest BCUT2D eigenvalue weighted by Gasteiger charge is -2.19. The Bertz CT molecular complexity index is 935. The number of rotatable bonds is 3. The topological polar surface area (TPSA) is 64.6 Å². The van der Waals surface area contributed by atoms with E-state index < -0.39 is 44.0 Å². The lowest BCUT2D eigenvalue weighted by Crippen LogP contribution is -2.20. The number of halogens is 5. The molecule has 0 saturated heterocycles. The Balaban J connectivity index is 2.04. The van der Waals surface area contributed by atoms with E-state index in [-0.39, 0.29) is 24.7 Å². The summed E-state index contributed by atoms with van der Waals surface area (Å²) in [5.74, 6) is -11.6.